The van der Waals surface area contributed by atoms with Gasteiger partial charge in [0.05, 0.1) is 24.8 Å². The SMILES string of the molecule is COc1cc(O[C@@H]2O[C@H](CO)[C@@H](O)[C@H](O)[C@H]2O)c2c(c1)C(=O)c1cc(CCc3ccccc3)cc(O)c1C2=O. The van der Waals surface area contributed by atoms with Crippen molar-refractivity contribution in [3.8, 4) is 17.2 Å². The number of ether oxygens (including phenoxy) is 3. The molecule has 0 bridgehead atoms. The number of benzene rings is 3. The molecule has 10 heteroatoms. The first-order chi connectivity index (χ1) is 18.7. The third kappa shape index (κ3) is 4.88. The lowest BCUT2D eigenvalue weighted by atomic mass is 9.81. The fourth-order valence-corrected chi connectivity index (χ4v) is 4.95. The van der Waals surface area contributed by atoms with Crippen LogP contribution in [0, 0.1) is 0 Å². The molecule has 2 aliphatic rings. The maximum atomic E-state index is 13.7. The fourth-order valence-electron chi connectivity index (χ4n) is 4.95. The number of aliphatic hydroxyl groups excluding tert-OH is 4. The van der Waals surface area contributed by atoms with Gasteiger partial charge in [-0.2, -0.15) is 0 Å². The summed E-state index contributed by atoms with van der Waals surface area (Å²) in [6.45, 7) is -0.674. The largest absolute Gasteiger partial charge is 0.507 e. The van der Waals surface area contributed by atoms with Gasteiger partial charge in [-0.25, -0.2) is 0 Å². The first-order valence-electron chi connectivity index (χ1n) is 12.4. The van der Waals surface area contributed by atoms with Crippen molar-refractivity contribution < 1.29 is 49.3 Å². The Morgan fingerprint density at radius 1 is 0.821 bits per heavy atom. The van der Waals surface area contributed by atoms with E-state index in [1.54, 1.807) is 6.07 Å². The lowest BCUT2D eigenvalue weighted by molar-refractivity contribution is -0.277. The van der Waals surface area contributed by atoms with Crippen molar-refractivity contribution in [2.24, 2.45) is 0 Å². The van der Waals surface area contributed by atoms with Crippen LogP contribution >= 0.6 is 0 Å². The molecule has 39 heavy (non-hydrogen) atoms. The molecular weight excluding hydrogens is 508 g/mol. The molecule has 0 amide bonds. The first kappa shape index (κ1) is 26.8. The first-order valence-corrected chi connectivity index (χ1v) is 12.4. The number of methoxy groups -OCH3 is 1. The summed E-state index contributed by atoms with van der Waals surface area (Å²) >= 11 is 0. The normalized spacial score (nSPS) is 24.2. The fraction of sp³-hybridized carbons (Fsp3) is 0.310. The molecule has 0 spiro atoms. The highest BCUT2D eigenvalue weighted by Gasteiger charge is 2.45. The zero-order chi connectivity index (χ0) is 27.8. The topological polar surface area (TPSA) is 163 Å². The summed E-state index contributed by atoms with van der Waals surface area (Å²) in [5.74, 6) is -1.61. The van der Waals surface area contributed by atoms with E-state index in [2.05, 4.69) is 0 Å². The van der Waals surface area contributed by atoms with E-state index in [0.717, 1.165) is 5.56 Å². The Labute approximate surface area is 223 Å². The van der Waals surface area contributed by atoms with Gasteiger partial charge >= 0.3 is 0 Å². The minimum absolute atomic E-state index is 0.0361. The molecule has 0 unspecified atom stereocenters. The lowest BCUT2D eigenvalue weighted by Gasteiger charge is -2.39. The Morgan fingerprint density at radius 3 is 2.21 bits per heavy atom. The Kier molecular flexibility index (Phi) is 7.39. The summed E-state index contributed by atoms with van der Waals surface area (Å²) in [5, 5.41) is 51.0. The van der Waals surface area contributed by atoms with Gasteiger partial charge in [0.25, 0.3) is 0 Å². The summed E-state index contributed by atoms with van der Waals surface area (Å²) < 4.78 is 16.5. The van der Waals surface area contributed by atoms with Gasteiger partial charge in [0.15, 0.2) is 5.78 Å². The van der Waals surface area contributed by atoms with Crippen molar-refractivity contribution >= 4 is 11.6 Å². The number of carbonyl (C=O) groups is 2. The van der Waals surface area contributed by atoms with E-state index >= 15 is 0 Å². The van der Waals surface area contributed by atoms with Crippen LogP contribution in [0.5, 0.6) is 17.2 Å². The molecule has 5 rings (SSSR count). The summed E-state index contributed by atoms with van der Waals surface area (Å²) in [4.78, 5) is 27.3. The van der Waals surface area contributed by atoms with Gasteiger partial charge in [-0.05, 0) is 42.2 Å². The van der Waals surface area contributed by atoms with Crippen LogP contribution in [0.3, 0.4) is 0 Å². The third-order valence-corrected chi connectivity index (χ3v) is 7.07. The number of hydrogen-bond donors (Lipinski definition) is 5. The van der Waals surface area contributed by atoms with E-state index in [1.165, 1.54) is 25.3 Å². The molecule has 5 N–H and O–H groups in total. The molecule has 1 heterocycles. The van der Waals surface area contributed by atoms with E-state index < -0.39 is 48.9 Å². The molecule has 5 atom stereocenters. The zero-order valence-electron chi connectivity index (χ0n) is 21.0. The maximum Gasteiger partial charge on any atom is 0.229 e. The van der Waals surface area contributed by atoms with Crippen LogP contribution in [-0.2, 0) is 17.6 Å². The number of hydrogen-bond acceptors (Lipinski definition) is 10. The molecule has 1 aliphatic heterocycles. The number of aromatic hydroxyl groups is 1. The van der Waals surface area contributed by atoms with Crippen molar-refractivity contribution in [1.29, 1.82) is 0 Å². The average molecular weight is 537 g/mol. The zero-order valence-corrected chi connectivity index (χ0v) is 21.0. The highest BCUT2D eigenvalue weighted by atomic mass is 16.7. The van der Waals surface area contributed by atoms with Crippen LogP contribution in [0.15, 0.2) is 54.6 Å². The number of phenols is 1. The van der Waals surface area contributed by atoms with Gasteiger partial charge in [0.2, 0.25) is 12.1 Å². The van der Waals surface area contributed by atoms with E-state index in [0.29, 0.717) is 18.4 Å². The van der Waals surface area contributed by atoms with Crippen molar-refractivity contribution in [2.75, 3.05) is 13.7 Å². The predicted octanol–water partition coefficient (Wildman–Crippen LogP) is 1.14. The van der Waals surface area contributed by atoms with E-state index in [4.69, 9.17) is 14.2 Å². The molecule has 3 aromatic carbocycles. The summed E-state index contributed by atoms with van der Waals surface area (Å²) in [6, 6.07) is 15.5. The molecular formula is C29H28O10. The van der Waals surface area contributed by atoms with Gasteiger partial charge in [-0.15, -0.1) is 0 Å². The minimum Gasteiger partial charge on any atom is -0.507 e. The van der Waals surface area contributed by atoms with Gasteiger partial charge < -0.3 is 39.7 Å². The quantitative estimate of drug-likeness (QED) is 0.231. The number of aryl methyl sites for hydroxylation is 2. The highest BCUT2D eigenvalue weighted by molar-refractivity contribution is 6.30. The molecule has 0 radical (unpaired) electrons. The number of fused-ring (bicyclic) bond motifs is 2. The van der Waals surface area contributed by atoms with Crippen molar-refractivity contribution in [3.63, 3.8) is 0 Å². The van der Waals surface area contributed by atoms with Crippen LogP contribution in [0.4, 0.5) is 0 Å². The number of ketones is 2. The van der Waals surface area contributed by atoms with Crippen molar-refractivity contribution in [1.82, 2.24) is 0 Å². The second-order valence-corrected chi connectivity index (χ2v) is 9.54. The van der Waals surface area contributed by atoms with Crippen LogP contribution in [0.2, 0.25) is 0 Å². The molecule has 10 nitrogen and oxygen atoms in total. The molecule has 0 aromatic heterocycles. The number of phenolic OH excluding ortho intramolecular Hbond substituents is 1. The number of aliphatic hydroxyl groups is 4. The number of carbonyl (C=O) groups excluding carboxylic acids is 2. The van der Waals surface area contributed by atoms with Gasteiger partial charge in [0.1, 0.15) is 41.7 Å². The second-order valence-electron chi connectivity index (χ2n) is 9.54. The van der Waals surface area contributed by atoms with Crippen molar-refractivity contribution in [2.45, 2.75) is 43.5 Å². The van der Waals surface area contributed by atoms with E-state index in [1.807, 2.05) is 30.3 Å². The maximum absolute atomic E-state index is 13.7. The van der Waals surface area contributed by atoms with E-state index in [9.17, 15) is 35.1 Å². The van der Waals surface area contributed by atoms with Crippen LogP contribution in [-0.4, -0.2) is 81.5 Å². The van der Waals surface area contributed by atoms with Gasteiger partial charge in [-0.1, -0.05) is 30.3 Å². The molecule has 1 aliphatic carbocycles. The Hall–Kier alpha value is -3.80. The monoisotopic (exact) mass is 536 g/mol. The summed E-state index contributed by atoms with van der Waals surface area (Å²) in [7, 11) is 1.36. The molecule has 0 saturated carbocycles. The standard InChI is InChI=1S/C29H28O10/c1-37-16-11-18-23(20(12-16)38-29-28(36)27(35)25(33)21(13-30)39-29)26(34)22-17(24(18)32)9-15(10-19(22)31)8-7-14-5-3-2-4-6-14/h2-6,9-12,21,25,27-31,33,35-36H,7-8,13H2,1H3/t21-,25-,27+,28-,29-/m1/s1. The Balaban J connectivity index is 1.51. The average Bonchev–Trinajstić information content (AvgIpc) is 2.94. The molecule has 3 aromatic rings. The molecule has 1 saturated heterocycles. The van der Waals surface area contributed by atoms with E-state index in [-0.39, 0.29) is 39.5 Å². The summed E-state index contributed by atoms with van der Waals surface area (Å²) in [6.07, 6.45) is -6.70. The molecule has 204 valence electrons. The molecule has 1 fully saturated rings. The lowest BCUT2D eigenvalue weighted by Crippen LogP contribution is -2.60. The predicted molar refractivity (Wildman–Crippen MR) is 136 cm³/mol. The Morgan fingerprint density at radius 2 is 1.51 bits per heavy atom. The third-order valence-electron chi connectivity index (χ3n) is 7.07. The summed E-state index contributed by atoms with van der Waals surface area (Å²) in [5.41, 5.74) is 1.41. The number of rotatable bonds is 7. The Bertz CT molecular complexity index is 1400. The highest BCUT2D eigenvalue weighted by Crippen LogP contribution is 2.41. The van der Waals surface area contributed by atoms with Crippen LogP contribution < -0.4 is 9.47 Å². The second kappa shape index (κ2) is 10.8. The minimum atomic E-state index is -1.74. The van der Waals surface area contributed by atoms with Crippen molar-refractivity contribution in [3.05, 3.63) is 88.0 Å². The van der Waals surface area contributed by atoms with Crippen LogP contribution in [0.25, 0.3) is 0 Å². The smallest absolute Gasteiger partial charge is 0.229 e. The van der Waals surface area contributed by atoms with Gasteiger partial charge in [-0.3, -0.25) is 9.59 Å². The van der Waals surface area contributed by atoms with Crippen LogP contribution in [0.1, 0.15) is 43.0 Å². The van der Waals surface area contributed by atoms with Gasteiger partial charge in [0, 0.05) is 17.2 Å².